The van der Waals surface area contributed by atoms with Crippen LogP contribution in [-0.4, -0.2) is 34.7 Å². The lowest BCUT2D eigenvalue weighted by atomic mass is 10.0. The quantitative estimate of drug-likeness (QED) is 0.844. The van der Waals surface area contributed by atoms with E-state index in [1.54, 1.807) is 4.68 Å². The summed E-state index contributed by atoms with van der Waals surface area (Å²) in [4.78, 5) is 4.17. The molecule has 17 heavy (non-hydrogen) atoms. The van der Waals surface area contributed by atoms with Crippen molar-refractivity contribution >= 4 is 15.8 Å². The van der Waals surface area contributed by atoms with Crippen molar-refractivity contribution in [3.8, 4) is 0 Å². The lowest BCUT2D eigenvalue weighted by Crippen LogP contribution is -2.33. The van der Waals surface area contributed by atoms with E-state index in [0.29, 0.717) is 18.2 Å². The predicted octanol–water partition coefficient (Wildman–Crippen LogP) is 0.346. The Morgan fingerprint density at radius 1 is 1.53 bits per heavy atom. The van der Waals surface area contributed by atoms with E-state index in [4.69, 9.17) is 5.73 Å². The van der Waals surface area contributed by atoms with E-state index in [9.17, 15) is 8.42 Å². The highest BCUT2D eigenvalue weighted by molar-refractivity contribution is 7.91. The smallest absolute Gasteiger partial charge is 0.219 e. The molecule has 1 aromatic heterocycles. The summed E-state index contributed by atoms with van der Waals surface area (Å²) >= 11 is 0. The van der Waals surface area contributed by atoms with Gasteiger partial charge in [-0.15, -0.1) is 0 Å². The molecule has 0 saturated carbocycles. The van der Waals surface area contributed by atoms with Gasteiger partial charge < -0.3 is 5.73 Å². The lowest BCUT2D eigenvalue weighted by Gasteiger charge is -2.22. The van der Waals surface area contributed by atoms with E-state index in [0.717, 1.165) is 12.8 Å². The molecule has 1 saturated heterocycles. The topological polar surface area (TPSA) is 90.9 Å². The number of nitrogens with zero attached hydrogens (tertiary/aromatic N) is 3. The van der Waals surface area contributed by atoms with Crippen LogP contribution in [0.2, 0.25) is 0 Å². The Bertz CT molecular complexity index is 522. The van der Waals surface area contributed by atoms with E-state index in [-0.39, 0.29) is 11.5 Å². The highest BCUT2D eigenvalue weighted by atomic mass is 32.2. The molecular formula is C10H18N4O2S. The van der Waals surface area contributed by atoms with Crippen LogP contribution < -0.4 is 5.73 Å². The summed E-state index contributed by atoms with van der Waals surface area (Å²) in [5.74, 6) is 1.30. The average Bonchev–Trinajstić information content (AvgIpc) is 2.69. The van der Waals surface area contributed by atoms with Crippen molar-refractivity contribution in [3.05, 3.63) is 5.82 Å². The Hall–Kier alpha value is -1.11. The van der Waals surface area contributed by atoms with E-state index < -0.39 is 15.4 Å². The van der Waals surface area contributed by atoms with Gasteiger partial charge in [-0.2, -0.15) is 10.1 Å². The average molecular weight is 258 g/mol. The number of nitrogen functional groups attached to an aromatic ring is 1. The summed E-state index contributed by atoms with van der Waals surface area (Å²) in [7, 11) is -2.97. The zero-order chi connectivity index (χ0) is 12.7. The maximum Gasteiger partial charge on any atom is 0.219 e. The van der Waals surface area contributed by atoms with E-state index in [1.165, 1.54) is 0 Å². The first kappa shape index (κ1) is 12.3. The number of rotatable bonds is 3. The van der Waals surface area contributed by atoms with Crippen LogP contribution in [0.25, 0.3) is 0 Å². The fraction of sp³-hybridized carbons (Fsp3) is 0.800. The molecule has 2 heterocycles. The number of hydrogen-bond acceptors (Lipinski definition) is 5. The van der Waals surface area contributed by atoms with E-state index in [2.05, 4.69) is 10.1 Å². The molecule has 96 valence electrons. The second-order valence-electron chi connectivity index (χ2n) is 4.89. The van der Waals surface area contributed by atoms with Gasteiger partial charge in [0.15, 0.2) is 15.7 Å². The van der Waals surface area contributed by atoms with Crippen LogP contribution in [0.1, 0.15) is 32.5 Å². The first-order valence-corrected chi connectivity index (χ1v) is 7.61. The highest BCUT2D eigenvalue weighted by Gasteiger charge is 2.42. The van der Waals surface area contributed by atoms with Crippen molar-refractivity contribution in [3.63, 3.8) is 0 Å². The minimum absolute atomic E-state index is 0.0964. The molecule has 2 rings (SSSR count). The molecule has 0 radical (unpaired) electrons. The summed E-state index contributed by atoms with van der Waals surface area (Å²) in [6.07, 6.45) is 2.26. The molecule has 0 aromatic carbocycles. The van der Waals surface area contributed by atoms with Crippen LogP contribution in [0.5, 0.6) is 0 Å². The molecule has 7 heteroatoms. The molecule has 1 aliphatic heterocycles. The van der Waals surface area contributed by atoms with E-state index in [1.807, 2.05) is 13.8 Å². The molecule has 6 nitrogen and oxygen atoms in total. The van der Waals surface area contributed by atoms with Gasteiger partial charge in [0.05, 0.1) is 17.0 Å². The molecule has 0 spiro atoms. The number of anilines is 1. The second-order valence-corrected chi connectivity index (χ2v) is 7.07. The zero-order valence-electron chi connectivity index (χ0n) is 10.2. The summed E-state index contributed by atoms with van der Waals surface area (Å²) < 4.78 is 24.7. The van der Waals surface area contributed by atoms with Gasteiger partial charge in [-0.05, 0) is 19.8 Å². The summed E-state index contributed by atoms with van der Waals surface area (Å²) in [6, 6.07) is 0. The Morgan fingerprint density at radius 2 is 2.24 bits per heavy atom. The third-order valence-corrected chi connectivity index (χ3v) is 5.03. The van der Waals surface area contributed by atoms with Gasteiger partial charge in [-0.1, -0.05) is 6.92 Å². The van der Waals surface area contributed by atoms with Crippen molar-refractivity contribution in [1.82, 2.24) is 14.8 Å². The summed E-state index contributed by atoms with van der Waals surface area (Å²) in [5, 5.41) is 4.33. The maximum absolute atomic E-state index is 11.6. The molecule has 0 aliphatic carbocycles. The van der Waals surface area contributed by atoms with Crippen LogP contribution in [0.4, 0.5) is 5.95 Å². The SMILES string of the molecule is CCCc1nc(N)n(C2(C)CCS(=O)(=O)C2)n1. The normalized spacial score (nSPS) is 27.4. The summed E-state index contributed by atoms with van der Waals surface area (Å²) in [6.45, 7) is 3.91. The maximum atomic E-state index is 11.6. The molecule has 1 atom stereocenters. The number of hydrogen-bond donors (Lipinski definition) is 1. The highest BCUT2D eigenvalue weighted by Crippen LogP contribution is 2.31. The van der Waals surface area contributed by atoms with Gasteiger partial charge in [0.1, 0.15) is 0 Å². The first-order chi connectivity index (χ1) is 7.86. The van der Waals surface area contributed by atoms with Crippen LogP contribution in [-0.2, 0) is 21.8 Å². The first-order valence-electron chi connectivity index (χ1n) is 5.79. The fourth-order valence-corrected chi connectivity index (χ4v) is 4.37. The van der Waals surface area contributed by atoms with Crippen molar-refractivity contribution in [1.29, 1.82) is 0 Å². The zero-order valence-corrected chi connectivity index (χ0v) is 11.0. The van der Waals surface area contributed by atoms with Crippen molar-refractivity contribution in [2.75, 3.05) is 17.2 Å². The predicted molar refractivity (Wildman–Crippen MR) is 65.3 cm³/mol. The monoisotopic (exact) mass is 258 g/mol. The number of nitrogens with two attached hydrogens (primary N) is 1. The number of aryl methyl sites for hydroxylation is 1. The van der Waals surface area contributed by atoms with E-state index >= 15 is 0 Å². The van der Waals surface area contributed by atoms with Gasteiger partial charge >= 0.3 is 0 Å². The molecule has 1 aliphatic rings. The Kier molecular flexibility index (Phi) is 2.89. The van der Waals surface area contributed by atoms with Crippen molar-refractivity contribution in [2.24, 2.45) is 0 Å². The Labute approximate surface area is 101 Å². The standard InChI is InChI=1S/C10H18N4O2S/c1-3-4-8-12-9(11)14(13-8)10(2)5-6-17(15,16)7-10/h3-7H2,1-2H3,(H2,11,12,13). The Morgan fingerprint density at radius 3 is 2.76 bits per heavy atom. The number of aromatic nitrogens is 3. The van der Waals surface area contributed by atoms with Crippen LogP contribution in [0.15, 0.2) is 0 Å². The minimum atomic E-state index is -2.97. The van der Waals surface area contributed by atoms with Gasteiger partial charge in [0, 0.05) is 6.42 Å². The molecule has 0 bridgehead atoms. The lowest BCUT2D eigenvalue weighted by molar-refractivity contribution is 0.331. The Balaban J connectivity index is 2.34. The third-order valence-electron chi connectivity index (χ3n) is 3.14. The molecule has 1 unspecified atom stereocenters. The van der Waals surface area contributed by atoms with Gasteiger partial charge in [0.25, 0.3) is 0 Å². The molecule has 0 amide bonds. The van der Waals surface area contributed by atoms with Crippen molar-refractivity contribution < 1.29 is 8.42 Å². The van der Waals surface area contributed by atoms with Crippen molar-refractivity contribution in [2.45, 2.75) is 38.6 Å². The fourth-order valence-electron chi connectivity index (χ4n) is 2.26. The van der Waals surface area contributed by atoms with Gasteiger partial charge in [0.2, 0.25) is 5.95 Å². The van der Waals surface area contributed by atoms with Crippen LogP contribution in [0, 0.1) is 0 Å². The third kappa shape index (κ3) is 2.29. The summed E-state index contributed by atoms with van der Waals surface area (Å²) in [5.41, 5.74) is 5.28. The molecule has 2 N–H and O–H groups in total. The second kappa shape index (κ2) is 3.97. The molecule has 1 aromatic rings. The van der Waals surface area contributed by atoms with Gasteiger partial charge in [-0.25, -0.2) is 13.1 Å². The largest absolute Gasteiger partial charge is 0.368 e. The van der Waals surface area contributed by atoms with Crippen LogP contribution in [0.3, 0.4) is 0 Å². The molecular weight excluding hydrogens is 240 g/mol. The minimum Gasteiger partial charge on any atom is -0.368 e. The number of sulfone groups is 1. The van der Waals surface area contributed by atoms with Gasteiger partial charge in [-0.3, -0.25) is 0 Å². The molecule has 1 fully saturated rings. The van der Waals surface area contributed by atoms with Crippen LogP contribution >= 0.6 is 0 Å².